The van der Waals surface area contributed by atoms with Crippen molar-refractivity contribution in [3.05, 3.63) is 60.4 Å². The van der Waals surface area contributed by atoms with Crippen molar-refractivity contribution in [1.82, 2.24) is 24.5 Å². The van der Waals surface area contributed by atoms with Gasteiger partial charge in [-0.25, -0.2) is 37.1 Å². The Morgan fingerprint density at radius 3 is 2.50 bits per heavy atom. The number of aromatic nitrogens is 5. The summed E-state index contributed by atoms with van der Waals surface area (Å²) in [7, 11) is -3.54. The highest BCUT2D eigenvalue weighted by molar-refractivity contribution is 7.90. The lowest BCUT2D eigenvalue weighted by molar-refractivity contribution is 0.559. The van der Waals surface area contributed by atoms with Crippen molar-refractivity contribution in [1.29, 1.82) is 0 Å². The van der Waals surface area contributed by atoms with Crippen molar-refractivity contribution in [2.24, 2.45) is 0 Å². The standard InChI is InChI=1S/C25H26F2N6O2S/c1-2-10-36(34,35)15-17-6-7-20(26)24(22(17)27)33-14-19(18-11-28-16-29-12-18)23-21(33)13-30-25(31-23)32-8-4-3-5-9-32/h6-7,11-14,16H,2-5,8-10,15H2,1H3. The zero-order valence-corrected chi connectivity index (χ0v) is 20.7. The third-order valence-electron chi connectivity index (χ3n) is 6.32. The molecule has 1 aromatic carbocycles. The highest BCUT2D eigenvalue weighted by atomic mass is 32.2. The Kier molecular flexibility index (Phi) is 6.65. The molecule has 0 N–H and O–H groups in total. The van der Waals surface area contributed by atoms with Crippen molar-refractivity contribution in [3.8, 4) is 16.8 Å². The summed E-state index contributed by atoms with van der Waals surface area (Å²) in [5, 5.41) is 0. The van der Waals surface area contributed by atoms with E-state index in [-0.39, 0.29) is 17.0 Å². The topological polar surface area (TPSA) is 93.9 Å². The molecule has 0 spiro atoms. The molecular formula is C25H26F2N6O2S. The minimum atomic E-state index is -3.54. The second-order valence-corrected chi connectivity index (χ2v) is 11.1. The van der Waals surface area contributed by atoms with E-state index in [1.54, 1.807) is 31.7 Å². The molecule has 0 unspecified atom stereocenters. The van der Waals surface area contributed by atoms with E-state index in [4.69, 9.17) is 4.98 Å². The Morgan fingerprint density at radius 1 is 1.03 bits per heavy atom. The SMILES string of the molecule is CCCS(=O)(=O)Cc1ccc(F)c(-n2cc(-c3cncnc3)c3nc(N4CCCCC4)ncc32)c1F. The van der Waals surface area contributed by atoms with E-state index in [0.717, 1.165) is 38.4 Å². The predicted molar refractivity (Wildman–Crippen MR) is 134 cm³/mol. The van der Waals surface area contributed by atoms with E-state index in [1.165, 1.54) is 17.0 Å². The Balaban J connectivity index is 1.69. The third-order valence-corrected chi connectivity index (χ3v) is 8.10. The first-order chi connectivity index (χ1) is 17.4. The van der Waals surface area contributed by atoms with Crippen LogP contribution in [-0.4, -0.2) is 51.8 Å². The number of sulfone groups is 1. The summed E-state index contributed by atoms with van der Waals surface area (Å²) >= 11 is 0. The first kappa shape index (κ1) is 24.2. The molecule has 1 aliphatic rings. The average molecular weight is 513 g/mol. The second-order valence-electron chi connectivity index (χ2n) is 8.95. The van der Waals surface area contributed by atoms with Gasteiger partial charge in [-0.1, -0.05) is 13.0 Å². The molecule has 0 amide bonds. The lowest BCUT2D eigenvalue weighted by Gasteiger charge is -2.26. The van der Waals surface area contributed by atoms with Crippen LogP contribution in [0.1, 0.15) is 38.2 Å². The lowest BCUT2D eigenvalue weighted by atomic mass is 10.1. The monoisotopic (exact) mass is 512 g/mol. The summed E-state index contributed by atoms with van der Waals surface area (Å²) in [6.45, 7) is 3.42. The van der Waals surface area contributed by atoms with Gasteiger partial charge in [-0.05, 0) is 31.7 Å². The molecule has 11 heteroatoms. The van der Waals surface area contributed by atoms with Gasteiger partial charge < -0.3 is 9.47 Å². The molecule has 1 saturated heterocycles. The molecule has 3 aromatic heterocycles. The molecule has 8 nitrogen and oxygen atoms in total. The van der Waals surface area contributed by atoms with Crippen molar-refractivity contribution in [3.63, 3.8) is 0 Å². The molecule has 4 aromatic rings. The number of benzene rings is 1. The van der Waals surface area contributed by atoms with E-state index in [9.17, 15) is 8.42 Å². The predicted octanol–water partition coefficient (Wildman–Crippen LogP) is 4.47. The summed E-state index contributed by atoms with van der Waals surface area (Å²) < 4.78 is 56.9. The number of hydrogen-bond acceptors (Lipinski definition) is 7. The van der Waals surface area contributed by atoms with Crippen LogP contribution >= 0.6 is 0 Å². The van der Waals surface area contributed by atoms with Crippen LogP contribution in [0.25, 0.3) is 27.8 Å². The van der Waals surface area contributed by atoms with Crippen LogP contribution in [-0.2, 0) is 15.6 Å². The van der Waals surface area contributed by atoms with Crippen molar-refractivity contribution < 1.29 is 17.2 Å². The number of anilines is 1. The molecule has 4 heterocycles. The van der Waals surface area contributed by atoms with Crippen LogP contribution in [0.2, 0.25) is 0 Å². The van der Waals surface area contributed by atoms with E-state index in [1.807, 2.05) is 0 Å². The van der Waals surface area contributed by atoms with Gasteiger partial charge in [0.1, 0.15) is 23.3 Å². The maximum Gasteiger partial charge on any atom is 0.226 e. The minimum Gasteiger partial charge on any atom is -0.341 e. The molecule has 1 aliphatic heterocycles. The molecule has 0 atom stereocenters. The quantitative estimate of drug-likeness (QED) is 0.361. The summed E-state index contributed by atoms with van der Waals surface area (Å²) in [6.07, 6.45) is 11.4. The van der Waals surface area contributed by atoms with Crippen LogP contribution in [0.5, 0.6) is 0 Å². The molecular weight excluding hydrogens is 486 g/mol. The first-order valence-corrected chi connectivity index (χ1v) is 13.8. The van der Waals surface area contributed by atoms with Gasteiger partial charge in [0, 0.05) is 48.4 Å². The molecule has 0 bridgehead atoms. The number of rotatable bonds is 7. The number of nitrogens with zero attached hydrogens (tertiary/aromatic N) is 6. The largest absolute Gasteiger partial charge is 0.341 e. The number of fused-ring (bicyclic) bond motifs is 1. The zero-order valence-electron chi connectivity index (χ0n) is 19.9. The Morgan fingerprint density at radius 2 is 1.78 bits per heavy atom. The van der Waals surface area contributed by atoms with Gasteiger partial charge in [0.2, 0.25) is 5.95 Å². The van der Waals surface area contributed by atoms with Crippen molar-refractivity contribution in [2.45, 2.75) is 38.4 Å². The number of halogens is 2. The highest BCUT2D eigenvalue weighted by Gasteiger charge is 2.24. The van der Waals surface area contributed by atoms with Gasteiger partial charge in [0.25, 0.3) is 0 Å². The fourth-order valence-corrected chi connectivity index (χ4v) is 6.08. The Hall–Kier alpha value is -3.47. The van der Waals surface area contributed by atoms with Crippen LogP contribution in [0.4, 0.5) is 14.7 Å². The average Bonchev–Trinajstić information content (AvgIpc) is 3.25. The van der Waals surface area contributed by atoms with Crippen LogP contribution in [0, 0.1) is 11.6 Å². The van der Waals surface area contributed by atoms with Gasteiger partial charge >= 0.3 is 0 Å². The van der Waals surface area contributed by atoms with Crippen LogP contribution < -0.4 is 4.90 Å². The van der Waals surface area contributed by atoms with Crippen molar-refractivity contribution in [2.75, 3.05) is 23.7 Å². The second kappa shape index (κ2) is 9.88. The summed E-state index contributed by atoms with van der Waals surface area (Å²) in [5.41, 5.74) is 1.66. The Bertz CT molecular complexity index is 1500. The fraction of sp³-hybridized carbons (Fsp3) is 0.360. The van der Waals surface area contributed by atoms with Crippen LogP contribution in [0.15, 0.2) is 43.2 Å². The molecule has 0 saturated carbocycles. The molecule has 5 rings (SSSR count). The molecule has 1 fully saturated rings. The summed E-state index contributed by atoms with van der Waals surface area (Å²) in [6, 6.07) is 2.28. The van der Waals surface area contributed by atoms with Gasteiger partial charge in [-0.15, -0.1) is 0 Å². The van der Waals surface area contributed by atoms with E-state index in [0.29, 0.717) is 34.5 Å². The van der Waals surface area contributed by atoms with Crippen molar-refractivity contribution >= 4 is 26.8 Å². The van der Waals surface area contributed by atoms with Gasteiger partial charge in [-0.2, -0.15) is 0 Å². The molecule has 0 radical (unpaired) electrons. The fourth-order valence-electron chi connectivity index (χ4n) is 4.62. The highest BCUT2D eigenvalue weighted by Crippen LogP contribution is 2.34. The third kappa shape index (κ3) is 4.67. The van der Waals surface area contributed by atoms with Gasteiger partial charge in [0.15, 0.2) is 15.7 Å². The molecule has 36 heavy (non-hydrogen) atoms. The molecule has 0 aliphatic carbocycles. The van der Waals surface area contributed by atoms with E-state index in [2.05, 4.69) is 19.9 Å². The zero-order chi connectivity index (χ0) is 25.3. The van der Waals surface area contributed by atoms with Crippen LogP contribution in [0.3, 0.4) is 0 Å². The van der Waals surface area contributed by atoms with E-state index < -0.39 is 27.2 Å². The smallest absolute Gasteiger partial charge is 0.226 e. The maximum absolute atomic E-state index is 15.7. The number of piperidine rings is 1. The summed E-state index contributed by atoms with van der Waals surface area (Å²) in [4.78, 5) is 19.6. The summed E-state index contributed by atoms with van der Waals surface area (Å²) in [5.74, 6) is -1.77. The van der Waals surface area contributed by atoms with Gasteiger partial charge in [-0.3, -0.25) is 0 Å². The maximum atomic E-state index is 15.7. The first-order valence-electron chi connectivity index (χ1n) is 11.9. The van der Waals surface area contributed by atoms with E-state index >= 15 is 8.78 Å². The minimum absolute atomic E-state index is 0.0725. The number of hydrogen-bond donors (Lipinski definition) is 0. The Labute approximate surface area is 208 Å². The molecule has 188 valence electrons. The lowest BCUT2D eigenvalue weighted by Crippen LogP contribution is -2.30. The van der Waals surface area contributed by atoms with Gasteiger partial charge in [0.05, 0.1) is 23.2 Å². The normalized spacial score (nSPS) is 14.5.